The summed E-state index contributed by atoms with van der Waals surface area (Å²) in [7, 11) is -3.26. The molecular weight excluding hydrogens is 300 g/mol. The van der Waals surface area contributed by atoms with Crippen LogP contribution >= 0.6 is 0 Å². The van der Waals surface area contributed by atoms with Crippen LogP contribution in [0.15, 0.2) is 18.2 Å². The largest absolute Gasteiger partial charge is 0.312 e. The lowest BCUT2D eigenvalue weighted by Gasteiger charge is -2.21. The lowest BCUT2D eigenvalue weighted by atomic mass is 10.1. The number of benzene rings is 1. The lowest BCUT2D eigenvalue weighted by Crippen LogP contribution is -2.33. The van der Waals surface area contributed by atoms with Crippen LogP contribution in [0.4, 0.5) is 11.4 Å². The highest BCUT2D eigenvalue weighted by Crippen LogP contribution is 2.34. The van der Waals surface area contributed by atoms with Gasteiger partial charge in [0, 0.05) is 23.8 Å². The predicted molar refractivity (Wildman–Crippen MR) is 87.5 cm³/mol. The Hall–Kier alpha value is -1.56. The number of rotatable bonds is 4. The Morgan fingerprint density at radius 2 is 2.05 bits per heavy atom. The van der Waals surface area contributed by atoms with Gasteiger partial charge in [0.1, 0.15) is 0 Å². The van der Waals surface area contributed by atoms with E-state index < -0.39 is 10.0 Å². The molecule has 0 unspecified atom stereocenters. The highest BCUT2D eigenvalue weighted by molar-refractivity contribution is 7.92. The van der Waals surface area contributed by atoms with Gasteiger partial charge in [-0.25, -0.2) is 8.42 Å². The monoisotopic (exact) mass is 322 g/mol. The molecule has 5 nitrogen and oxygen atoms in total. The Morgan fingerprint density at radius 1 is 1.32 bits per heavy atom. The van der Waals surface area contributed by atoms with Crippen molar-refractivity contribution in [2.24, 2.45) is 5.92 Å². The topological polar surface area (TPSA) is 66.5 Å². The second-order valence-corrected chi connectivity index (χ2v) is 8.08. The van der Waals surface area contributed by atoms with Crippen molar-refractivity contribution in [3.8, 4) is 0 Å². The van der Waals surface area contributed by atoms with Crippen LogP contribution in [-0.2, 0) is 21.2 Å². The zero-order valence-electron chi connectivity index (χ0n) is 12.8. The van der Waals surface area contributed by atoms with Crippen LogP contribution in [0.25, 0.3) is 0 Å². The fourth-order valence-corrected chi connectivity index (χ4v) is 3.97. The third-order valence-corrected chi connectivity index (χ3v) is 5.91. The molecule has 6 heteroatoms. The first-order valence-electron chi connectivity index (χ1n) is 7.95. The van der Waals surface area contributed by atoms with E-state index in [2.05, 4.69) is 4.72 Å². The van der Waals surface area contributed by atoms with Gasteiger partial charge < -0.3 is 4.90 Å². The number of carbonyl (C=O) groups excluding carboxylic acids is 1. The number of amides is 1. The van der Waals surface area contributed by atoms with Gasteiger partial charge in [0.15, 0.2) is 0 Å². The predicted octanol–water partition coefficient (Wildman–Crippen LogP) is 2.53. The molecular formula is C16H22N2O3S. The van der Waals surface area contributed by atoms with Crippen LogP contribution in [-0.4, -0.2) is 26.6 Å². The number of fused-ring (bicyclic) bond motifs is 1. The molecule has 0 radical (unpaired) electrons. The SMILES string of the molecule is CCS(=O)(=O)Nc1ccc2c(c1)CCN2C(=O)C1CCCC1. The minimum Gasteiger partial charge on any atom is -0.312 e. The van der Waals surface area contributed by atoms with E-state index in [0.29, 0.717) is 12.2 Å². The molecule has 2 aliphatic rings. The summed E-state index contributed by atoms with van der Waals surface area (Å²) in [5.41, 5.74) is 2.56. The molecule has 1 aromatic rings. The Labute approximate surface area is 131 Å². The number of nitrogens with one attached hydrogen (secondary N) is 1. The van der Waals surface area contributed by atoms with Crippen LogP contribution < -0.4 is 9.62 Å². The Balaban J connectivity index is 1.79. The fourth-order valence-electron chi connectivity index (χ4n) is 3.34. The second kappa shape index (κ2) is 5.91. The molecule has 1 fully saturated rings. The van der Waals surface area contributed by atoms with E-state index >= 15 is 0 Å². The third kappa shape index (κ3) is 2.97. The summed E-state index contributed by atoms with van der Waals surface area (Å²) in [6.45, 7) is 2.31. The molecule has 1 heterocycles. The van der Waals surface area contributed by atoms with Crippen LogP contribution in [0, 0.1) is 5.92 Å². The van der Waals surface area contributed by atoms with Gasteiger partial charge in [-0.1, -0.05) is 12.8 Å². The highest BCUT2D eigenvalue weighted by atomic mass is 32.2. The average Bonchev–Trinajstić information content (AvgIpc) is 3.15. The molecule has 120 valence electrons. The first kappa shape index (κ1) is 15.3. The second-order valence-electron chi connectivity index (χ2n) is 6.07. The van der Waals surface area contributed by atoms with Crippen LogP contribution in [0.3, 0.4) is 0 Å². The fraction of sp³-hybridized carbons (Fsp3) is 0.562. The quantitative estimate of drug-likeness (QED) is 0.926. The normalized spacial score (nSPS) is 18.5. The summed E-state index contributed by atoms with van der Waals surface area (Å²) in [5, 5.41) is 0. The van der Waals surface area contributed by atoms with E-state index in [0.717, 1.165) is 43.4 Å². The smallest absolute Gasteiger partial charge is 0.232 e. The zero-order chi connectivity index (χ0) is 15.7. The molecule has 1 aliphatic carbocycles. The lowest BCUT2D eigenvalue weighted by molar-refractivity contribution is -0.122. The average molecular weight is 322 g/mol. The summed E-state index contributed by atoms with van der Waals surface area (Å²) in [5.74, 6) is 0.457. The van der Waals surface area contributed by atoms with Crippen LogP contribution in [0.2, 0.25) is 0 Å². The number of carbonyl (C=O) groups is 1. The first-order valence-corrected chi connectivity index (χ1v) is 9.60. The van der Waals surface area contributed by atoms with Gasteiger partial charge >= 0.3 is 0 Å². The standard InChI is InChI=1S/C16H22N2O3S/c1-2-22(20,21)17-14-7-8-15-13(11-14)9-10-18(15)16(19)12-5-3-4-6-12/h7-8,11-12,17H,2-6,9-10H2,1H3. The van der Waals surface area contributed by atoms with E-state index in [1.807, 2.05) is 17.0 Å². The molecule has 0 atom stereocenters. The maximum absolute atomic E-state index is 12.6. The van der Waals surface area contributed by atoms with Gasteiger partial charge in [0.2, 0.25) is 15.9 Å². The summed E-state index contributed by atoms with van der Waals surface area (Å²) in [6, 6.07) is 5.46. The van der Waals surface area contributed by atoms with Crippen molar-refractivity contribution in [3.05, 3.63) is 23.8 Å². The molecule has 1 aromatic carbocycles. The van der Waals surface area contributed by atoms with E-state index in [4.69, 9.17) is 0 Å². The molecule has 0 spiro atoms. The van der Waals surface area contributed by atoms with Gasteiger partial charge in [-0.15, -0.1) is 0 Å². The van der Waals surface area contributed by atoms with E-state index in [1.54, 1.807) is 13.0 Å². The molecule has 0 bridgehead atoms. The van der Waals surface area contributed by atoms with Crippen molar-refractivity contribution in [2.75, 3.05) is 21.9 Å². The van der Waals surface area contributed by atoms with Crippen molar-refractivity contribution >= 4 is 27.3 Å². The van der Waals surface area contributed by atoms with Crippen molar-refractivity contribution in [2.45, 2.75) is 39.0 Å². The Bertz CT molecular complexity index is 679. The van der Waals surface area contributed by atoms with Crippen molar-refractivity contribution < 1.29 is 13.2 Å². The van der Waals surface area contributed by atoms with Crippen molar-refractivity contribution in [1.29, 1.82) is 0 Å². The van der Waals surface area contributed by atoms with Crippen molar-refractivity contribution in [1.82, 2.24) is 0 Å². The van der Waals surface area contributed by atoms with Crippen LogP contribution in [0.5, 0.6) is 0 Å². The molecule has 3 rings (SSSR count). The molecule has 1 saturated carbocycles. The van der Waals surface area contributed by atoms with Crippen LogP contribution in [0.1, 0.15) is 38.2 Å². The summed E-state index contributed by atoms with van der Waals surface area (Å²) in [6.07, 6.45) is 5.08. The van der Waals surface area contributed by atoms with Crippen molar-refractivity contribution in [3.63, 3.8) is 0 Å². The number of hydrogen-bond acceptors (Lipinski definition) is 3. The minimum atomic E-state index is -3.26. The number of hydrogen-bond donors (Lipinski definition) is 1. The molecule has 1 N–H and O–H groups in total. The van der Waals surface area contributed by atoms with Gasteiger partial charge in [0.05, 0.1) is 5.75 Å². The molecule has 0 aromatic heterocycles. The summed E-state index contributed by atoms with van der Waals surface area (Å²) >= 11 is 0. The summed E-state index contributed by atoms with van der Waals surface area (Å²) in [4.78, 5) is 14.5. The number of anilines is 2. The molecule has 22 heavy (non-hydrogen) atoms. The van der Waals surface area contributed by atoms with Gasteiger partial charge in [-0.05, 0) is 49.9 Å². The molecule has 1 amide bonds. The van der Waals surface area contributed by atoms with E-state index in [1.165, 1.54) is 0 Å². The van der Waals surface area contributed by atoms with Gasteiger partial charge in [0.25, 0.3) is 0 Å². The highest BCUT2D eigenvalue weighted by Gasteiger charge is 2.31. The summed E-state index contributed by atoms with van der Waals surface area (Å²) < 4.78 is 25.8. The third-order valence-electron chi connectivity index (χ3n) is 4.60. The molecule has 1 aliphatic heterocycles. The minimum absolute atomic E-state index is 0.0520. The Morgan fingerprint density at radius 3 is 2.73 bits per heavy atom. The maximum atomic E-state index is 12.6. The van der Waals surface area contributed by atoms with E-state index in [-0.39, 0.29) is 17.6 Å². The number of nitrogens with zero attached hydrogens (tertiary/aromatic N) is 1. The van der Waals surface area contributed by atoms with E-state index in [9.17, 15) is 13.2 Å². The Kier molecular flexibility index (Phi) is 4.12. The molecule has 0 saturated heterocycles. The van der Waals surface area contributed by atoms with Gasteiger partial charge in [-0.3, -0.25) is 9.52 Å². The maximum Gasteiger partial charge on any atom is 0.232 e. The van der Waals surface area contributed by atoms with Gasteiger partial charge in [-0.2, -0.15) is 0 Å². The zero-order valence-corrected chi connectivity index (χ0v) is 13.7. The number of sulfonamides is 1. The first-order chi connectivity index (χ1) is 10.5.